The van der Waals surface area contributed by atoms with E-state index in [0.717, 1.165) is 5.56 Å². The van der Waals surface area contributed by atoms with E-state index in [0.29, 0.717) is 12.1 Å². The van der Waals surface area contributed by atoms with Gasteiger partial charge in [0.05, 0.1) is 6.61 Å². The van der Waals surface area contributed by atoms with Crippen molar-refractivity contribution in [3.05, 3.63) is 29.8 Å². The fourth-order valence-corrected chi connectivity index (χ4v) is 2.08. The van der Waals surface area contributed by atoms with Crippen molar-refractivity contribution in [2.24, 2.45) is 5.92 Å². The smallest absolute Gasteiger partial charge is 0.408 e. The van der Waals surface area contributed by atoms with E-state index in [-0.39, 0.29) is 18.4 Å². The van der Waals surface area contributed by atoms with Crippen LogP contribution < -0.4 is 10.6 Å². The molecule has 0 fully saturated rings. The Labute approximate surface area is 143 Å². The van der Waals surface area contributed by atoms with Crippen molar-refractivity contribution in [2.75, 3.05) is 5.32 Å². The summed E-state index contributed by atoms with van der Waals surface area (Å²) in [6.45, 7) is 9.22. The van der Waals surface area contributed by atoms with Crippen LogP contribution in [0, 0.1) is 5.92 Å². The molecule has 0 aromatic heterocycles. The number of amides is 2. The Bertz CT molecular complexity index is 547. The number of anilines is 1. The van der Waals surface area contributed by atoms with Gasteiger partial charge in [-0.3, -0.25) is 4.79 Å². The summed E-state index contributed by atoms with van der Waals surface area (Å²) in [7, 11) is 0. The molecule has 1 atom stereocenters. The predicted octanol–water partition coefficient (Wildman–Crippen LogP) is 3.06. The zero-order valence-electron chi connectivity index (χ0n) is 15.1. The molecule has 6 heteroatoms. The van der Waals surface area contributed by atoms with Crippen LogP contribution in [-0.2, 0) is 16.1 Å². The number of carbonyl (C=O) groups is 2. The van der Waals surface area contributed by atoms with Crippen molar-refractivity contribution < 1.29 is 19.4 Å². The highest BCUT2D eigenvalue weighted by Crippen LogP contribution is 2.13. The molecule has 0 aliphatic heterocycles. The van der Waals surface area contributed by atoms with E-state index in [1.54, 1.807) is 45.0 Å². The minimum atomic E-state index is -0.683. The summed E-state index contributed by atoms with van der Waals surface area (Å²) >= 11 is 0. The summed E-state index contributed by atoms with van der Waals surface area (Å²) in [4.78, 5) is 24.4. The average molecular weight is 336 g/mol. The lowest BCUT2D eigenvalue weighted by Gasteiger charge is -2.24. The zero-order valence-corrected chi connectivity index (χ0v) is 15.1. The third-order valence-electron chi connectivity index (χ3n) is 3.12. The van der Waals surface area contributed by atoms with Crippen LogP contribution in [-0.4, -0.2) is 28.7 Å². The molecule has 0 saturated heterocycles. The Hall–Kier alpha value is -2.08. The summed E-state index contributed by atoms with van der Waals surface area (Å²) in [6.07, 6.45) is -0.112. The molecule has 1 unspecified atom stereocenters. The molecule has 0 heterocycles. The van der Waals surface area contributed by atoms with Crippen LogP contribution in [0.5, 0.6) is 0 Å². The van der Waals surface area contributed by atoms with Crippen molar-refractivity contribution in [3.8, 4) is 0 Å². The Balaban J connectivity index is 2.74. The normalized spacial score (nSPS) is 12.6. The lowest BCUT2D eigenvalue weighted by molar-refractivity contribution is -0.118. The minimum Gasteiger partial charge on any atom is -0.444 e. The fraction of sp³-hybridized carbons (Fsp3) is 0.556. The van der Waals surface area contributed by atoms with Crippen molar-refractivity contribution in [3.63, 3.8) is 0 Å². The number of ether oxygens (including phenoxy) is 1. The van der Waals surface area contributed by atoms with Gasteiger partial charge in [-0.15, -0.1) is 0 Å². The number of alkyl carbamates (subject to hydrolysis) is 1. The monoisotopic (exact) mass is 336 g/mol. The Morgan fingerprint density at radius 1 is 1.17 bits per heavy atom. The number of rotatable bonds is 6. The maximum Gasteiger partial charge on any atom is 0.408 e. The maximum absolute atomic E-state index is 12.5. The molecule has 2 amide bonds. The Morgan fingerprint density at radius 2 is 1.75 bits per heavy atom. The van der Waals surface area contributed by atoms with E-state index in [4.69, 9.17) is 9.84 Å². The molecule has 0 aliphatic rings. The fourth-order valence-electron chi connectivity index (χ4n) is 2.08. The van der Waals surface area contributed by atoms with Crippen LogP contribution in [0.15, 0.2) is 24.3 Å². The molecule has 1 rings (SSSR count). The first-order valence-corrected chi connectivity index (χ1v) is 8.11. The number of benzene rings is 1. The average Bonchev–Trinajstić information content (AvgIpc) is 2.44. The van der Waals surface area contributed by atoms with E-state index in [1.807, 2.05) is 13.8 Å². The minimum absolute atomic E-state index is 0.0512. The highest BCUT2D eigenvalue weighted by Gasteiger charge is 2.25. The van der Waals surface area contributed by atoms with Crippen LogP contribution in [0.1, 0.15) is 46.6 Å². The standard InChI is InChI=1S/C18H28N2O4/c1-12(2)10-15(20-17(23)24-18(3,4)5)16(22)19-14-8-6-13(11-21)7-9-14/h6-9,12,15,21H,10-11H2,1-5H3,(H,19,22)(H,20,23). The molecular formula is C18H28N2O4. The number of nitrogens with one attached hydrogen (secondary N) is 2. The number of hydrogen-bond donors (Lipinski definition) is 3. The highest BCUT2D eigenvalue weighted by molar-refractivity contribution is 5.96. The van der Waals surface area contributed by atoms with Crippen LogP contribution in [0.4, 0.5) is 10.5 Å². The van der Waals surface area contributed by atoms with Gasteiger partial charge in [0.15, 0.2) is 0 Å². The van der Waals surface area contributed by atoms with Gasteiger partial charge in [-0.1, -0.05) is 26.0 Å². The van der Waals surface area contributed by atoms with Gasteiger partial charge in [-0.2, -0.15) is 0 Å². The van der Waals surface area contributed by atoms with Gasteiger partial charge in [0.25, 0.3) is 0 Å². The summed E-state index contributed by atoms with van der Waals surface area (Å²) in [6, 6.07) is 6.20. The molecule has 1 aromatic carbocycles. The van der Waals surface area contributed by atoms with E-state index in [9.17, 15) is 9.59 Å². The molecule has 1 aromatic rings. The molecule has 0 bridgehead atoms. The zero-order chi connectivity index (χ0) is 18.3. The molecule has 0 radical (unpaired) electrons. The quantitative estimate of drug-likeness (QED) is 0.745. The number of hydrogen-bond acceptors (Lipinski definition) is 4. The highest BCUT2D eigenvalue weighted by atomic mass is 16.6. The molecule has 134 valence electrons. The molecule has 24 heavy (non-hydrogen) atoms. The van der Waals surface area contributed by atoms with E-state index in [2.05, 4.69) is 10.6 Å². The summed E-state index contributed by atoms with van der Waals surface area (Å²) in [5, 5.41) is 14.5. The molecular weight excluding hydrogens is 308 g/mol. The van der Waals surface area contributed by atoms with Gasteiger partial charge in [0, 0.05) is 5.69 Å². The lowest BCUT2D eigenvalue weighted by atomic mass is 10.0. The van der Waals surface area contributed by atoms with Crippen molar-refractivity contribution >= 4 is 17.7 Å². The maximum atomic E-state index is 12.5. The van der Waals surface area contributed by atoms with Gasteiger partial charge in [0.2, 0.25) is 5.91 Å². The SMILES string of the molecule is CC(C)CC(NC(=O)OC(C)(C)C)C(=O)Nc1ccc(CO)cc1. The predicted molar refractivity (Wildman–Crippen MR) is 93.6 cm³/mol. The first kappa shape index (κ1) is 20.0. The second-order valence-corrected chi connectivity index (χ2v) is 7.17. The lowest BCUT2D eigenvalue weighted by Crippen LogP contribution is -2.46. The van der Waals surface area contributed by atoms with E-state index >= 15 is 0 Å². The van der Waals surface area contributed by atoms with Gasteiger partial charge >= 0.3 is 6.09 Å². The summed E-state index contributed by atoms with van der Waals surface area (Å²) in [5.41, 5.74) is 0.749. The number of aliphatic hydroxyl groups excluding tert-OH is 1. The molecule has 3 N–H and O–H groups in total. The topological polar surface area (TPSA) is 87.7 Å². The Morgan fingerprint density at radius 3 is 2.21 bits per heavy atom. The van der Waals surface area contributed by atoms with Gasteiger partial charge in [0.1, 0.15) is 11.6 Å². The van der Waals surface area contributed by atoms with E-state index in [1.165, 1.54) is 0 Å². The second-order valence-electron chi connectivity index (χ2n) is 7.17. The van der Waals surface area contributed by atoms with Gasteiger partial charge in [-0.05, 0) is 50.8 Å². The Kier molecular flexibility index (Phi) is 7.22. The van der Waals surface area contributed by atoms with Gasteiger partial charge in [-0.25, -0.2) is 4.79 Å². The number of carbonyl (C=O) groups excluding carboxylic acids is 2. The second kappa shape index (κ2) is 8.68. The molecule has 6 nitrogen and oxygen atoms in total. The first-order chi connectivity index (χ1) is 11.1. The first-order valence-electron chi connectivity index (χ1n) is 8.11. The van der Waals surface area contributed by atoms with Gasteiger partial charge < -0.3 is 20.5 Å². The summed E-state index contributed by atoms with van der Waals surface area (Å²) in [5.74, 6) is -0.0706. The number of aliphatic hydroxyl groups is 1. The molecule has 0 saturated carbocycles. The van der Waals surface area contributed by atoms with Crippen molar-refractivity contribution in [1.29, 1.82) is 0 Å². The van der Waals surface area contributed by atoms with Crippen molar-refractivity contribution in [2.45, 2.75) is 59.3 Å². The van der Waals surface area contributed by atoms with Crippen LogP contribution in [0.3, 0.4) is 0 Å². The third-order valence-corrected chi connectivity index (χ3v) is 3.12. The van der Waals surface area contributed by atoms with Crippen LogP contribution >= 0.6 is 0 Å². The van der Waals surface area contributed by atoms with Crippen molar-refractivity contribution in [1.82, 2.24) is 5.32 Å². The van der Waals surface area contributed by atoms with E-state index < -0.39 is 17.7 Å². The van der Waals surface area contributed by atoms with Crippen LogP contribution in [0.25, 0.3) is 0 Å². The third kappa shape index (κ3) is 7.46. The summed E-state index contributed by atoms with van der Waals surface area (Å²) < 4.78 is 5.22. The molecule has 0 aliphatic carbocycles. The van der Waals surface area contributed by atoms with Crippen LogP contribution in [0.2, 0.25) is 0 Å². The largest absolute Gasteiger partial charge is 0.444 e. The molecule has 0 spiro atoms.